The highest BCUT2D eigenvalue weighted by molar-refractivity contribution is 5.97. The lowest BCUT2D eigenvalue weighted by molar-refractivity contribution is -0.128. The Morgan fingerprint density at radius 1 is 1.12 bits per heavy atom. The number of para-hydroxylation sites is 1. The zero-order chi connectivity index (χ0) is 16.9. The normalized spacial score (nSPS) is 17.1. The number of anilines is 1. The maximum Gasteiger partial charge on any atom is 0.229 e. The standard InChI is InChI=1S/C20H22N2O2/c1-2-16-10-6-7-11-18(16)21-20(24)17-12-19(23)22(14-17)13-15-8-4-3-5-9-15/h3-11,17H,2,12-14H2,1H3,(H,21,24)/t17-/m1/s1. The van der Waals surface area contributed by atoms with Gasteiger partial charge in [-0.1, -0.05) is 55.5 Å². The van der Waals surface area contributed by atoms with Gasteiger partial charge in [-0.15, -0.1) is 0 Å². The molecule has 0 unspecified atom stereocenters. The Morgan fingerprint density at radius 3 is 2.58 bits per heavy atom. The highest BCUT2D eigenvalue weighted by Crippen LogP contribution is 2.23. The lowest BCUT2D eigenvalue weighted by Crippen LogP contribution is -2.28. The van der Waals surface area contributed by atoms with Crippen LogP contribution in [-0.4, -0.2) is 23.3 Å². The molecular weight excluding hydrogens is 300 g/mol. The van der Waals surface area contributed by atoms with E-state index >= 15 is 0 Å². The number of hydrogen-bond acceptors (Lipinski definition) is 2. The van der Waals surface area contributed by atoms with Gasteiger partial charge in [0.25, 0.3) is 0 Å². The number of nitrogens with zero attached hydrogens (tertiary/aromatic N) is 1. The monoisotopic (exact) mass is 322 g/mol. The number of carbonyl (C=O) groups excluding carboxylic acids is 2. The van der Waals surface area contributed by atoms with Gasteiger partial charge in [-0.25, -0.2) is 0 Å². The molecule has 0 saturated carbocycles. The van der Waals surface area contributed by atoms with E-state index in [0.717, 1.165) is 23.2 Å². The molecule has 124 valence electrons. The molecule has 2 amide bonds. The van der Waals surface area contributed by atoms with Crippen LogP contribution in [0.25, 0.3) is 0 Å². The smallest absolute Gasteiger partial charge is 0.229 e. The van der Waals surface area contributed by atoms with Crippen LogP contribution in [0.15, 0.2) is 54.6 Å². The summed E-state index contributed by atoms with van der Waals surface area (Å²) in [5.41, 5.74) is 3.04. The number of likely N-dealkylation sites (tertiary alicyclic amines) is 1. The summed E-state index contributed by atoms with van der Waals surface area (Å²) in [6, 6.07) is 17.7. The second-order valence-electron chi connectivity index (χ2n) is 6.16. The van der Waals surface area contributed by atoms with Crippen LogP contribution in [0.5, 0.6) is 0 Å². The van der Waals surface area contributed by atoms with Crippen molar-refractivity contribution in [2.45, 2.75) is 26.3 Å². The van der Waals surface area contributed by atoms with Gasteiger partial charge < -0.3 is 10.2 Å². The van der Waals surface area contributed by atoms with Crippen molar-refractivity contribution in [2.75, 3.05) is 11.9 Å². The van der Waals surface area contributed by atoms with Crippen LogP contribution in [-0.2, 0) is 22.6 Å². The summed E-state index contributed by atoms with van der Waals surface area (Å²) >= 11 is 0. The van der Waals surface area contributed by atoms with E-state index in [1.165, 1.54) is 0 Å². The van der Waals surface area contributed by atoms with E-state index in [0.29, 0.717) is 13.1 Å². The fraction of sp³-hybridized carbons (Fsp3) is 0.300. The van der Waals surface area contributed by atoms with Crippen LogP contribution in [0.1, 0.15) is 24.5 Å². The molecule has 24 heavy (non-hydrogen) atoms. The highest BCUT2D eigenvalue weighted by atomic mass is 16.2. The summed E-state index contributed by atoms with van der Waals surface area (Å²) in [5, 5.41) is 2.99. The van der Waals surface area contributed by atoms with Gasteiger partial charge in [0, 0.05) is 25.2 Å². The second kappa shape index (κ2) is 7.30. The maximum absolute atomic E-state index is 12.5. The van der Waals surface area contributed by atoms with E-state index in [9.17, 15) is 9.59 Å². The minimum atomic E-state index is -0.286. The van der Waals surface area contributed by atoms with E-state index in [2.05, 4.69) is 12.2 Å². The van der Waals surface area contributed by atoms with Gasteiger partial charge in [0.15, 0.2) is 0 Å². The van der Waals surface area contributed by atoms with E-state index in [4.69, 9.17) is 0 Å². The zero-order valence-electron chi connectivity index (χ0n) is 13.9. The van der Waals surface area contributed by atoms with Crippen molar-refractivity contribution in [1.82, 2.24) is 4.90 Å². The molecule has 1 fully saturated rings. The first-order chi connectivity index (χ1) is 11.7. The van der Waals surface area contributed by atoms with Gasteiger partial charge >= 0.3 is 0 Å². The van der Waals surface area contributed by atoms with Crippen LogP contribution in [0.3, 0.4) is 0 Å². The number of carbonyl (C=O) groups is 2. The van der Waals surface area contributed by atoms with Gasteiger partial charge in [-0.05, 0) is 23.6 Å². The van der Waals surface area contributed by atoms with Gasteiger partial charge in [-0.2, -0.15) is 0 Å². The van der Waals surface area contributed by atoms with Gasteiger partial charge in [0.1, 0.15) is 0 Å². The number of aryl methyl sites for hydroxylation is 1. The average molecular weight is 322 g/mol. The molecule has 1 atom stereocenters. The largest absolute Gasteiger partial charge is 0.338 e. The molecule has 1 aliphatic rings. The predicted octanol–water partition coefficient (Wildman–Crippen LogP) is 3.24. The molecular formula is C20H22N2O2. The summed E-state index contributed by atoms with van der Waals surface area (Å²) in [6.07, 6.45) is 1.15. The molecule has 0 radical (unpaired) electrons. The Labute approximate surface area is 142 Å². The van der Waals surface area contributed by atoms with Crippen molar-refractivity contribution in [2.24, 2.45) is 5.92 Å². The third-order valence-corrected chi connectivity index (χ3v) is 4.46. The molecule has 1 N–H and O–H groups in total. The fourth-order valence-corrected chi connectivity index (χ4v) is 3.09. The van der Waals surface area contributed by atoms with E-state index in [-0.39, 0.29) is 24.2 Å². The summed E-state index contributed by atoms with van der Waals surface area (Å²) in [5.74, 6) is -0.311. The number of nitrogens with one attached hydrogen (secondary N) is 1. The minimum Gasteiger partial charge on any atom is -0.338 e. The third-order valence-electron chi connectivity index (χ3n) is 4.46. The second-order valence-corrected chi connectivity index (χ2v) is 6.16. The van der Waals surface area contributed by atoms with Gasteiger partial charge in [0.2, 0.25) is 11.8 Å². The van der Waals surface area contributed by atoms with E-state index in [1.54, 1.807) is 4.90 Å². The average Bonchev–Trinajstić information content (AvgIpc) is 2.97. The lowest BCUT2D eigenvalue weighted by Gasteiger charge is -2.17. The van der Waals surface area contributed by atoms with Crippen molar-refractivity contribution >= 4 is 17.5 Å². The molecule has 0 bridgehead atoms. The van der Waals surface area contributed by atoms with E-state index < -0.39 is 0 Å². The van der Waals surface area contributed by atoms with Crippen molar-refractivity contribution in [3.8, 4) is 0 Å². The first-order valence-electron chi connectivity index (χ1n) is 8.38. The number of benzene rings is 2. The zero-order valence-corrected chi connectivity index (χ0v) is 13.9. The number of amides is 2. The molecule has 1 saturated heterocycles. The first-order valence-corrected chi connectivity index (χ1v) is 8.38. The predicted molar refractivity (Wildman–Crippen MR) is 94.4 cm³/mol. The quantitative estimate of drug-likeness (QED) is 0.919. The van der Waals surface area contributed by atoms with Gasteiger partial charge in [-0.3, -0.25) is 9.59 Å². The van der Waals surface area contributed by atoms with Crippen LogP contribution in [0.4, 0.5) is 5.69 Å². The molecule has 2 aromatic carbocycles. The van der Waals surface area contributed by atoms with Crippen LogP contribution >= 0.6 is 0 Å². The summed E-state index contributed by atoms with van der Waals surface area (Å²) in [6.45, 7) is 3.11. The highest BCUT2D eigenvalue weighted by Gasteiger charge is 2.34. The minimum absolute atomic E-state index is 0.0442. The number of hydrogen-bond donors (Lipinski definition) is 1. The first kappa shape index (κ1) is 16.2. The van der Waals surface area contributed by atoms with Crippen LogP contribution in [0, 0.1) is 5.92 Å². The van der Waals surface area contributed by atoms with Crippen LogP contribution < -0.4 is 5.32 Å². The Kier molecular flexibility index (Phi) is 4.94. The molecule has 0 spiro atoms. The summed E-state index contributed by atoms with van der Waals surface area (Å²) < 4.78 is 0. The van der Waals surface area contributed by atoms with Crippen molar-refractivity contribution in [3.63, 3.8) is 0 Å². The third kappa shape index (κ3) is 3.65. The molecule has 4 heteroatoms. The Hall–Kier alpha value is -2.62. The summed E-state index contributed by atoms with van der Waals surface area (Å²) in [4.78, 5) is 26.5. The molecule has 4 nitrogen and oxygen atoms in total. The van der Waals surface area contributed by atoms with Gasteiger partial charge in [0.05, 0.1) is 5.92 Å². The molecule has 0 aliphatic carbocycles. The van der Waals surface area contributed by atoms with E-state index in [1.807, 2.05) is 54.6 Å². The SMILES string of the molecule is CCc1ccccc1NC(=O)[C@@H]1CC(=O)N(Cc2ccccc2)C1. The summed E-state index contributed by atoms with van der Waals surface area (Å²) in [7, 11) is 0. The molecule has 1 heterocycles. The van der Waals surface area contributed by atoms with Crippen molar-refractivity contribution < 1.29 is 9.59 Å². The molecule has 0 aromatic heterocycles. The Bertz CT molecular complexity index is 727. The lowest BCUT2D eigenvalue weighted by atomic mass is 10.1. The number of rotatable bonds is 5. The Balaban J connectivity index is 1.63. The Morgan fingerprint density at radius 2 is 1.83 bits per heavy atom. The van der Waals surface area contributed by atoms with Crippen molar-refractivity contribution in [3.05, 3.63) is 65.7 Å². The molecule has 2 aromatic rings. The fourth-order valence-electron chi connectivity index (χ4n) is 3.09. The topological polar surface area (TPSA) is 49.4 Å². The maximum atomic E-state index is 12.5. The van der Waals surface area contributed by atoms with Crippen molar-refractivity contribution in [1.29, 1.82) is 0 Å². The van der Waals surface area contributed by atoms with Crippen LogP contribution in [0.2, 0.25) is 0 Å². The molecule has 3 rings (SSSR count). The molecule has 1 aliphatic heterocycles.